The highest BCUT2D eigenvalue weighted by Gasteiger charge is 2.21. The number of phenols is 1. The van der Waals surface area contributed by atoms with Gasteiger partial charge in [0.2, 0.25) is 5.43 Å². The van der Waals surface area contributed by atoms with Gasteiger partial charge in [-0.3, -0.25) is 9.69 Å². The van der Waals surface area contributed by atoms with Gasteiger partial charge in [0.1, 0.15) is 22.6 Å². The summed E-state index contributed by atoms with van der Waals surface area (Å²) in [4.78, 5) is 22.6. The lowest BCUT2D eigenvalue weighted by molar-refractivity contribution is 0.147. The molecule has 0 radical (unpaired) electrons. The fourth-order valence-electron chi connectivity index (χ4n) is 4.00. The van der Waals surface area contributed by atoms with Crippen molar-refractivity contribution in [3.05, 3.63) is 57.9 Å². The zero-order valence-corrected chi connectivity index (χ0v) is 17.8. The number of aromatic hydroxyl groups is 1. The number of hydrogen-bond donors (Lipinski definition) is 1. The summed E-state index contributed by atoms with van der Waals surface area (Å²) in [6.45, 7) is 6.28. The predicted octanol–water partition coefficient (Wildman–Crippen LogP) is 3.83. The average Bonchev–Trinajstić information content (AvgIpc) is 3.18. The lowest BCUT2D eigenvalue weighted by Crippen LogP contribution is -2.43. The van der Waals surface area contributed by atoms with Gasteiger partial charge in [-0.15, -0.1) is 11.3 Å². The van der Waals surface area contributed by atoms with Gasteiger partial charge in [0.05, 0.1) is 21.2 Å². The summed E-state index contributed by atoms with van der Waals surface area (Å²) in [6.07, 6.45) is 1.47. The van der Waals surface area contributed by atoms with E-state index in [1.54, 1.807) is 13.0 Å². The minimum absolute atomic E-state index is 0.113. The molecule has 1 fully saturated rings. The molecule has 0 amide bonds. The van der Waals surface area contributed by atoms with Gasteiger partial charge in [-0.1, -0.05) is 12.1 Å². The number of benzene rings is 2. The summed E-state index contributed by atoms with van der Waals surface area (Å²) in [6, 6.07) is 9.62. The Labute approximate surface area is 178 Å². The van der Waals surface area contributed by atoms with E-state index in [9.17, 15) is 9.90 Å². The van der Waals surface area contributed by atoms with Crippen molar-refractivity contribution in [2.24, 2.45) is 0 Å². The third-order valence-corrected chi connectivity index (χ3v) is 6.93. The van der Waals surface area contributed by atoms with Crippen LogP contribution in [-0.2, 0) is 6.54 Å². The van der Waals surface area contributed by atoms with E-state index in [1.165, 1.54) is 17.6 Å². The first kappa shape index (κ1) is 19.2. The van der Waals surface area contributed by atoms with E-state index in [0.29, 0.717) is 33.6 Å². The number of piperazine rings is 1. The van der Waals surface area contributed by atoms with Crippen LogP contribution in [0.5, 0.6) is 5.75 Å². The fourth-order valence-corrected chi connectivity index (χ4v) is 4.97. The van der Waals surface area contributed by atoms with Gasteiger partial charge in [0.15, 0.2) is 0 Å². The van der Waals surface area contributed by atoms with Crippen LogP contribution in [-0.4, -0.2) is 53.1 Å². The summed E-state index contributed by atoms with van der Waals surface area (Å²) in [7, 11) is 2.11. The highest BCUT2D eigenvalue weighted by atomic mass is 32.1. The Hall–Kier alpha value is -2.74. The second-order valence-electron chi connectivity index (χ2n) is 7.93. The SMILES string of the molecule is Cc1c(O)c(CN2CCN(C)CC2)cc2c(=O)c(-c3nc4ccccc4s3)coc12. The fraction of sp³-hybridized carbons (Fsp3) is 0.304. The molecule has 0 saturated carbocycles. The number of nitrogens with zero attached hydrogens (tertiary/aromatic N) is 3. The van der Waals surface area contributed by atoms with E-state index in [0.717, 1.165) is 42.0 Å². The van der Waals surface area contributed by atoms with Crippen molar-refractivity contribution in [1.82, 2.24) is 14.8 Å². The maximum atomic E-state index is 13.4. The average molecular weight is 422 g/mol. The maximum Gasteiger partial charge on any atom is 0.202 e. The van der Waals surface area contributed by atoms with Crippen LogP contribution in [0.2, 0.25) is 0 Å². The molecule has 0 unspecified atom stereocenters. The molecule has 30 heavy (non-hydrogen) atoms. The highest BCUT2D eigenvalue weighted by molar-refractivity contribution is 7.21. The molecule has 1 aliphatic heterocycles. The van der Waals surface area contributed by atoms with Crippen molar-refractivity contribution in [2.75, 3.05) is 33.2 Å². The Morgan fingerprint density at radius 2 is 1.97 bits per heavy atom. The van der Waals surface area contributed by atoms with Crippen LogP contribution in [0.15, 0.2) is 45.8 Å². The topological polar surface area (TPSA) is 69.8 Å². The first-order valence-corrected chi connectivity index (χ1v) is 10.9. The first-order valence-electron chi connectivity index (χ1n) is 10.0. The van der Waals surface area contributed by atoms with Crippen molar-refractivity contribution < 1.29 is 9.52 Å². The lowest BCUT2D eigenvalue weighted by Gasteiger charge is -2.32. The van der Waals surface area contributed by atoms with Gasteiger partial charge in [-0.2, -0.15) is 0 Å². The van der Waals surface area contributed by atoms with Crippen LogP contribution in [0.4, 0.5) is 0 Å². The van der Waals surface area contributed by atoms with Gasteiger partial charge in [-0.25, -0.2) is 4.98 Å². The molecule has 2 aromatic carbocycles. The molecule has 1 saturated heterocycles. The van der Waals surface area contributed by atoms with Crippen molar-refractivity contribution in [3.63, 3.8) is 0 Å². The summed E-state index contributed by atoms with van der Waals surface area (Å²) in [5.41, 5.74) is 3.01. The second kappa shape index (κ2) is 7.50. The van der Waals surface area contributed by atoms with E-state index in [-0.39, 0.29) is 11.2 Å². The molecule has 6 nitrogen and oxygen atoms in total. The molecule has 4 aromatic rings. The summed E-state index contributed by atoms with van der Waals surface area (Å²) in [5, 5.41) is 11.9. The van der Waals surface area contributed by atoms with E-state index >= 15 is 0 Å². The van der Waals surface area contributed by atoms with E-state index < -0.39 is 0 Å². The van der Waals surface area contributed by atoms with Crippen molar-refractivity contribution in [2.45, 2.75) is 13.5 Å². The van der Waals surface area contributed by atoms with Crippen molar-refractivity contribution >= 4 is 32.5 Å². The quantitative estimate of drug-likeness (QED) is 0.542. The molecular formula is C23H23N3O3S. The van der Waals surface area contributed by atoms with Crippen LogP contribution in [0.3, 0.4) is 0 Å². The molecule has 0 spiro atoms. The standard InChI is InChI=1S/C23H23N3O3S/c1-14-20(27)15(12-26-9-7-25(2)8-10-26)11-16-21(28)17(13-29-22(14)16)23-24-18-5-3-4-6-19(18)30-23/h3-6,11,13,27H,7-10,12H2,1-2H3. The smallest absolute Gasteiger partial charge is 0.202 e. The molecule has 154 valence electrons. The van der Waals surface area contributed by atoms with Gasteiger partial charge in [-0.05, 0) is 32.2 Å². The molecule has 0 bridgehead atoms. The summed E-state index contributed by atoms with van der Waals surface area (Å²) in [5.74, 6) is 0.206. The summed E-state index contributed by atoms with van der Waals surface area (Å²) < 4.78 is 6.86. The van der Waals surface area contributed by atoms with Gasteiger partial charge in [0.25, 0.3) is 0 Å². The van der Waals surface area contributed by atoms with E-state index in [1.807, 2.05) is 24.3 Å². The molecule has 0 aliphatic carbocycles. The molecule has 2 aromatic heterocycles. The van der Waals surface area contributed by atoms with Crippen LogP contribution in [0, 0.1) is 6.92 Å². The number of aromatic nitrogens is 1. The minimum atomic E-state index is -0.113. The number of para-hydroxylation sites is 1. The number of phenolic OH excluding ortho intramolecular Hbond substituents is 1. The minimum Gasteiger partial charge on any atom is -0.507 e. The molecule has 7 heteroatoms. The number of rotatable bonds is 3. The normalized spacial score (nSPS) is 15.9. The third kappa shape index (κ3) is 3.29. The highest BCUT2D eigenvalue weighted by Crippen LogP contribution is 2.33. The molecule has 0 atom stereocenters. The Morgan fingerprint density at radius 1 is 1.20 bits per heavy atom. The molecule has 1 N–H and O–H groups in total. The van der Waals surface area contributed by atoms with Gasteiger partial charge < -0.3 is 14.4 Å². The zero-order valence-electron chi connectivity index (χ0n) is 17.0. The molecule has 5 rings (SSSR count). The Balaban J connectivity index is 1.59. The van der Waals surface area contributed by atoms with Crippen LogP contribution in [0.1, 0.15) is 11.1 Å². The van der Waals surface area contributed by atoms with Crippen molar-refractivity contribution in [1.29, 1.82) is 0 Å². The monoisotopic (exact) mass is 421 g/mol. The van der Waals surface area contributed by atoms with Gasteiger partial charge >= 0.3 is 0 Å². The van der Waals surface area contributed by atoms with Crippen LogP contribution >= 0.6 is 11.3 Å². The number of fused-ring (bicyclic) bond motifs is 2. The summed E-state index contributed by atoms with van der Waals surface area (Å²) >= 11 is 1.48. The Bertz CT molecular complexity index is 1270. The largest absolute Gasteiger partial charge is 0.507 e. The number of thiazole rings is 1. The molecule has 1 aliphatic rings. The number of likely N-dealkylation sites (N-methyl/N-ethyl adjacent to an activating group) is 1. The molecule has 3 heterocycles. The predicted molar refractivity (Wildman–Crippen MR) is 120 cm³/mol. The van der Waals surface area contributed by atoms with Crippen LogP contribution in [0.25, 0.3) is 31.8 Å². The Kier molecular flexibility index (Phi) is 4.81. The second-order valence-corrected chi connectivity index (χ2v) is 8.96. The van der Waals surface area contributed by atoms with Crippen molar-refractivity contribution in [3.8, 4) is 16.3 Å². The maximum absolute atomic E-state index is 13.4. The van der Waals surface area contributed by atoms with E-state index in [4.69, 9.17) is 4.42 Å². The lowest BCUT2D eigenvalue weighted by atomic mass is 10.0. The Morgan fingerprint density at radius 3 is 2.73 bits per heavy atom. The molecular weight excluding hydrogens is 398 g/mol. The van der Waals surface area contributed by atoms with Crippen LogP contribution < -0.4 is 5.43 Å². The van der Waals surface area contributed by atoms with Gasteiger partial charge in [0, 0.05) is 43.9 Å². The first-order chi connectivity index (χ1) is 14.5. The zero-order chi connectivity index (χ0) is 20.8. The third-order valence-electron chi connectivity index (χ3n) is 5.86. The van der Waals surface area contributed by atoms with E-state index in [2.05, 4.69) is 21.8 Å². The number of hydrogen-bond acceptors (Lipinski definition) is 7. The number of aryl methyl sites for hydroxylation is 1.